The molecule has 6 nitrogen and oxygen atoms in total. The number of ether oxygens (including phenoxy) is 1. The summed E-state index contributed by atoms with van der Waals surface area (Å²) in [6, 6.07) is 0. The first kappa shape index (κ1) is 14.1. The van der Waals surface area contributed by atoms with Gasteiger partial charge in [0.1, 0.15) is 5.60 Å². The number of amides is 2. The van der Waals surface area contributed by atoms with Crippen LogP contribution in [0.1, 0.15) is 27.2 Å². The molecule has 0 aromatic carbocycles. The highest BCUT2D eigenvalue weighted by Crippen LogP contribution is 2.58. The third-order valence-electron chi connectivity index (χ3n) is 3.78. The summed E-state index contributed by atoms with van der Waals surface area (Å²) >= 11 is 0. The third kappa shape index (κ3) is 2.54. The number of nitrogens with zero attached hydrogens (tertiary/aromatic N) is 2. The molecule has 108 valence electrons. The average molecular weight is 270 g/mol. The molecule has 2 fully saturated rings. The van der Waals surface area contributed by atoms with E-state index in [1.807, 2.05) is 20.8 Å². The minimum Gasteiger partial charge on any atom is -0.444 e. The number of piperidine rings is 1. The van der Waals surface area contributed by atoms with Crippen LogP contribution in [0.3, 0.4) is 0 Å². The molecule has 2 aliphatic rings. The Kier molecular flexibility index (Phi) is 3.24. The van der Waals surface area contributed by atoms with Gasteiger partial charge in [-0.25, -0.2) is 9.86 Å². The second-order valence-electron chi connectivity index (χ2n) is 6.40. The van der Waals surface area contributed by atoms with Crippen LogP contribution < -0.4 is 0 Å². The van der Waals surface area contributed by atoms with E-state index in [0.717, 1.165) is 6.42 Å². The van der Waals surface area contributed by atoms with Gasteiger partial charge in [-0.05, 0) is 33.1 Å². The van der Waals surface area contributed by atoms with Gasteiger partial charge in [0.2, 0.25) is 0 Å². The van der Waals surface area contributed by atoms with Crippen molar-refractivity contribution in [3.05, 3.63) is 0 Å². The molecule has 2 rings (SSSR count). The minimum atomic E-state index is -0.510. The van der Waals surface area contributed by atoms with E-state index in [1.165, 1.54) is 12.2 Å². The quantitative estimate of drug-likeness (QED) is 0.709. The molecule has 0 bridgehead atoms. The van der Waals surface area contributed by atoms with Gasteiger partial charge in [0.05, 0.1) is 12.5 Å². The molecular formula is C13H22N2O4. The molecule has 0 N–H and O–H groups in total. The summed E-state index contributed by atoms with van der Waals surface area (Å²) in [6.07, 6.45) is 0.491. The fourth-order valence-electron chi connectivity index (χ4n) is 2.68. The van der Waals surface area contributed by atoms with Crippen LogP contribution in [0.15, 0.2) is 0 Å². The summed E-state index contributed by atoms with van der Waals surface area (Å²) in [7, 11) is 3.06. The Morgan fingerprint density at radius 1 is 1.37 bits per heavy atom. The fraction of sp³-hybridized carbons (Fsp3) is 0.846. The first-order valence-corrected chi connectivity index (χ1v) is 6.50. The molecule has 0 spiro atoms. The van der Waals surface area contributed by atoms with E-state index in [9.17, 15) is 9.59 Å². The monoisotopic (exact) mass is 270 g/mol. The lowest BCUT2D eigenvalue weighted by Gasteiger charge is -2.26. The molecule has 0 aromatic rings. The van der Waals surface area contributed by atoms with E-state index in [4.69, 9.17) is 9.57 Å². The van der Waals surface area contributed by atoms with Crippen LogP contribution >= 0.6 is 0 Å². The molecule has 0 radical (unpaired) electrons. The van der Waals surface area contributed by atoms with E-state index < -0.39 is 11.0 Å². The van der Waals surface area contributed by atoms with E-state index in [2.05, 4.69) is 0 Å². The predicted molar refractivity (Wildman–Crippen MR) is 68.1 cm³/mol. The summed E-state index contributed by atoms with van der Waals surface area (Å²) < 4.78 is 5.33. The highest BCUT2D eigenvalue weighted by atomic mass is 16.7. The summed E-state index contributed by atoms with van der Waals surface area (Å²) in [4.78, 5) is 30.8. The van der Waals surface area contributed by atoms with Gasteiger partial charge >= 0.3 is 6.09 Å². The average Bonchev–Trinajstić information content (AvgIpc) is 2.88. The maximum atomic E-state index is 12.2. The Hall–Kier alpha value is -1.30. The van der Waals surface area contributed by atoms with Gasteiger partial charge < -0.3 is 9.64 Å². The van der Waals surface area contributed by atoms with E-state index in [-0.39, 0.29) is 17.9 Å². The van der Waals surface area contributed by atoms with Crippen molar-refractivity contribution in [3.63, 3.8) is 0 Å². The molecule has 6 heteroatoms. The number of likely N-dealkylation sites (tertiary alicyclic amines) is 1. The summed E-state index contributed by atoms with van der Waals surface area (Å²) in [5, 5.41) is 1.25. The van der Waals surface area contributed by atoms with Crippen molar-refractivity contribution in [2.24, 2.45) is 11.3 Å². The zero-order chi connectivity index (χ0) is 14.4. The molecule has 1 aliphatic carbocycles. The van der Waals surface area contributed by atoms with Crippen LogP contribution in [0.5, 0.6) is 0 Å². The Morgan fingerprint density at radius 2 is 2.00 bits per heavy atom. The van der Waals surface area contributed by atoms with Gasteiger partial charge in [-0.3, -0.25) is 9.63 Å². The molecule has 0 aromatic heterocycles. The molecule has 1 saturated heterocycles. The Bertz CT molecular complexity index is 404. The van der Waals surface area contributed by atoms with E-state index in [1.54, 1.807) is 11.9 Å². The van der Waals surface area contributed by atoms with Crippen molar-refractivity contribution < 1.29 is 19.2 Å². The highest BCUT2D eigenvalue weighted by molar-refractivity contribution is 5.87. The number of fused-ring (bicyclic) bond motifs is 1. The zero-order valence-electron chi connectivity index (χ0n) is 12.2. The number of hydroxylamine groups is 2. The van der Waals surface area contributed by atoms with Crippen LogP contribution in [0, 0.1) is 11.3 Å². The second-order valence-corrected chi connectivity index (χ2v) is 6.40. The number of carbonyl (C=O) groups excluding carboxylic acids is 2. The van der Waals surface area contributed by atoms with Crippen LogP contribution in [0.2, 0.25) is 0 Å². The maximum absolute atomic E-state index is 12.2. The first-order chi connectivity index (χ1) is 8.69. The van der Waals surface area contributed by atoms with Crippen LogP contribution in [0.25, 0.3) is 0 Å². The Balaban J connectivity index is 1.98. The van der Waals surface area contributed by atoms with Crippen molar-refractivity contribution in [1.82, 2.24) is 9.96 Å². The third-order valence-corrected chi connectivity index (χ3v) is 3.78. The number of hydrogen-bond donors (Lipinski definition) is 0. The molecule has 1 heterocycles. The van der Waals surface area contributed by atoms with Crippen molar-refractivity contribution in [3.8, 4) is 0 Å². The van der Waals surface area contributed by atoms with Crippen molar-refractivity contribution in [2.45, 2.75) is 32.8 Å². The zero-order valence-corrected chi connectivity index (χ0v) is 12.2. The lowest BCUT2D eigenvalue weighted by molar-refractivity contribution is -0.175. The van der Waals surface area contributed by atoms with Gasteiger partial charge in [-0.1, -0.05) is 0 Å². The second kappa shape index (κ2) is 4.37. The first-order valence-electron chi connectivity index (χ1n) is 6.50. The Labute approximate surface area is 113 Å². The van der Waals surface area contributed by atoms with Gasteiger partial charge in [0.25, 0.3) is 5.91 Å². The van der Waals surface area contributed by atoms with Crippen molar-refractivity contribution in [1.29, 1.82) is 0 Å². The van der Waals surface area contributed by atoms with Crippen molar-refractivity contribution in [2.75, 3.05) is 27.2 Å². The molecule has 1 aliphatic heterocycles. The largest absolute Gasteiger partial charge is 0.444 e. The number of rotatable bonds is 2. The van der Waals surface area contributed by atoms with Crippen LogP contribution in [0.4, 0.5) is 4.79 Å². The maximum Gasteiger partial charge on any atom is 0.410 e. The predicted octanol–water partition coefficient (Wildman–Crippen LogP) is 1.26. The normalized spacial score (nSPS) is 28.9. The molecule has 2 atom stereocenters. The lowest BCUT2D eigenvalue weighted by Crippen LogP contribution is -2.41. The summed E-state index contributed by atoms with van der Waals surface area (Å²) in [6.45, 7) is 6.53. The van der Waals surface area contributed by atoms with Gasteiger partial charge in [-0.15, -0.1) is 0 Å². The van der Waals surface area contributed by atoms with Gasteiger partial charge in [-0.2, -0.15) is 0 Å². The molecule has 2 amide bonds. The van der Waals surface area contributed by atoms with Gasteiger partial charge in [0.15, 0.2) is 0 Å². The standard InChI is InChI=1S/C13H22N2O4/c1-12(2,3)19-11(17)15-7-9-6-13(9,8-15)10(16)14(4)18-5/h9H,6-8H2,1-5H3. The number of hydrogen-bond acceptors (Lipinski definition) is 4. The SMILES string of the molecule is CON(C)C(=O)C12CC1CN(C(=O)OC(C)(C)C)C2. The van der Waals surface area contributed by atoms with E-state index >= 15 is 0 Å². The van der Waals surface area contributed by atoms with Crippen molar-refractivity contribution >= 4 is 12.0 Å². The van der Waals surface area contributed by atoms with Crippen LogP contribution in [-0.2, 0) is 14.4 Å². The Morgan fingerprint density at radius 3 is 2.53 bits per heavy atom. The molecule has 1 saturated carbocycles. The summed E-state index contributed by atoms with van der Waals surface area (Å²) in [5.41, 5.74) is -0.952. The highest BCUT2D eigenvalue weighted by Gasteiger charge is 2.67. The summed E-state index contributed by atoms with van der Waals surface area (Å²) in [5.74, 6) is 0.191. The van der Waals surface area contributed by atoms with Gasteiger partial charge in [0, 0.05) is 20.1 Å². The minimum absolute atomic E-state index is 0.0499. The smallest absolute Gasteiger partial charge is 0.410 e. The van der Waals surface area contributed by atoms with Crippen LogP contribution in [-0.4, -0.2) is 54.8 Å². The molecular weight excluding hydrogens is 248 g/mol. The molecule has 2 unspecified atom stereocenters. The topological polar surface area (TPSA) is 59.1 Å². The lowest BCUT2D eigenvalue weighted by atomic mass is 10.1. The number of carbonyl (C=O) groups is 2. The molecule has 19 heavy (non-hydrogen) atoms. The van der Waals surface area contributed by atoms with E-state index in [0.29, 0.717) is 13.1 Å². The fourth-order valence-corrected chi connectivity index (χ4v) is 2.68.